The molecule has 1 heterocycles. The first-order valence-electron chi connectivity index (χ1n) is 7.48. The van der Waals surface area contributed by atoms with E-state index in [-0.39, 0.29) is 0 Å². The van der Waals surface area contributed by atoms with Crippen molar-refractivity contribution in [3.8, 4) is 0 Å². The fourth-order valence-electron chi connectivity index (χ4n) is 3.23. The third-order valence-electron chi connectivity index (χ3n) is 4.74. The summed E-state index contributed by atoms with van der Waals surface area (Å²) in [6, 6.07) is 10.4. The molecule has 0 nitrogen and oxygen atoms in total. The molecule has 0 N–H and O–H groups in total. The van der Waals surface area contributed by atoms with Crippen molar-refractivity contribution in [3.05, 3.63) is 59.7 Å². The molecule has 0 unspecified atom stereocenters. The van der Waals surface area contributed by atoms with Gasteiger partial charge in [0, 0.05) is 0 Å². The Morgan fingerprint density at radius 1 is 0.583 bits per heavy atom. The quantitative estimate of drug-likeness (QED) is 0.503. The zero-order chi connectivity index (χ0) is 17.6. The molecule has 3 rings (SSSR count). The number of halogens is 6. The van der Waals surface area contributed by atoms with Crippen LogP contribution in [0.3, 0.4) is 0 Å². The van der Waals surface area contributed by atoms with E-state index in [1.165, 1.54) is 24.3 Å². The molecule has 0 bridgehead atoms. The molecule has 128 valence electrons. The van der Waals surface area contributed by atoms with Crippen molar-refractivity contribution in [1.82, 2.24) is 0 Å². The summed E-state index contributed by atoms with van der Waals surface area (Å²) in [5.41, 5.74) is -1.40. The maximum atomic E-state index is 12.7. The first-order valence-corrected chi connectivity index (χ1v) is 12.5. The van der Waals surface area contributed by atoms with Crippen molar-refractivity contribution >= 4 is 22.1 Å². The van der Waals surface area contributed by atoms with Crippen molar-refractivity contribution < 1.29 is 26.3 Å². The molecule has 1 saturated heterocycles. The van der Waals surface area contributed by atoms with Gasteiger partial charge in [0.05, 0.1) is 0 Å². The fraction of sp³-hybridized carbons (Fsp3) is 0.294. The van der Waals surface area contributed by atoms with Gasteiger partial charge in [0.15, 0.2) is 0 Å². The number of hydrogen-bond donors (Lipinski definition) is 0. The van der Waals surface area contributed by atoms with Gasteiger partial charge in [-0.05, 0) is 0 Å². The average molecular weight is 405 g/mol. The normalized spacial score (nSPS) is 17.4. The molecule has 1 aliphatic rings. The molecule has 7 heteroatoms. The number of alkyl halides is 6. The van der Waals surface area contributed by atoms with Gasteiger partial charge in [0.1, 0.15) is 0 Å². The summed E-state index contributed by atoms with van der Waals surface area (Å²) < 4.78 is 78.0. The van der Waals surface area contributed by atoms with Crippen LogP contribution in [0.5, 0.6) is 0 Å². The van der Waals surface area contributed by atoms with Crippen LogP contribution < -0.4 is 8.79 Å². The monoisotopic (exact) mass is 406 g/mol. The zero-order valence-electron chi connectivity index (χ0n) is 12.5. The second-order valence-corrected chi connectivity index (χ2v) is 15.1. The molecular formula is C17H14F6Ge. The maximum absolute atomic E-state index is 12.7. The second-order valence-electron chi connectivity index (χ2n) is 6.09. The molecule has 0 saturated carbocycles. The second kappa shape index (κ2) is 5.83. The van der Waals surface area contributed by atoms with Gasteiger partial charge in [0.25, 0.3) is 0 Å². The molecule has 1 aliphatic heterocycles. The minimum atomic E-state index is -4.38. The van der Waals surface area contributed by atoms with E-state index in [0.717, 1.165) is 50.0 Å². The standard InChI is InChI=1S/C17H14F6Ge/c18-16(19,20)12-2-6-14(7-3-12)24(10-1-11-24)15-8-4-13(5-9-15)17(21,22)23/h2-9H,1,10-11H2. The van der Waals surface area contributed by atoms with E-state index < -0.39 is 36.7 Å². The molecule has 24 heavy (non-hydrogen) atoms. The number of benzene rings is 2. The molecule has 0 amide bonds. The van der Waals surface area contributed by atoms with Crippen LogP contribution in [0.4, 0.5) is 26.3 Å². The third-order valence-corrected chi connectivity index (χ3v) is 15.8. The average Bonchev–Trinajstić information content (AvgIpc) is 2.45. The Morgan fingerprint density at radius 3 is 1.12 bits per heavy atom. The summed E-state index contributed by atoms with van der Waals surface area (Å²) in [6.07, 6.45) is -7.79. The molecule has 0 atom stereocenters. The molecule has 1 fully saturated rings. The fourth-order valence-corrected chi connectivity index (χ4v) is 12.0. The van der Waals surface area contributed by atoms with E-state index >= 15 is 0 Å². The van der Waals surface area contributed by atoms with Gasteiger partial charge in [-0.3, -0.25) is 0 Å². The van der Waals surface area contributed by atoms with Gasteiger partial charge in [-0.2, -0.15) is 0 Å². The van der Waals surface area contributed by atoms with Crippen LogP contribution in [0, 0.1) is 0 Å². The molecule has 0 aromatic heterocycles. The third kappa shape index (κ3) is 3.08. The van der Waals surface area contributed by atoms with E-state index in [2.05, 4.69) is 0 Å². The van der Waals surface area contributed by atoms with E-state index in [0.29, 0.717) is 0 Å². The minimum absolute atomic E-state index is 0.699. The van der Waals surface area contributed by atoms with Gasteiger partial charge in [-0.25, -0.2) is 0 Å². The first-order chi connectivity index (χ1) is 11.1. The topological polar surface area (TPSA) is 0 Å². The van der Waals surface area contributed by atoms with Gasteiger partial charge < -0.3 is 0 Å². The van der Waals surface area contributed by atoms with Crippen molar-refractivity contribution in [2.24, 2.45) is 0 Å². The summed E-state index contributed by atoms with van der Waals surface area (Å²) in [6.45, 7) is 0. The van der Waals surface area contributed by atoms with Gasteiger partial charge in [0.2, 0.25) is 0 Å². The van der Waals surface area contributed by atoms with Crippen LogP contribution in [-0.4, -0.2) is 13.3 Å². The molecule has 0 aliphatic carbocycles. The molecule has 0 spiro atoms. The molecule has 2 aromatic carbocycles. The van der Waals surface area contributed by atoms with E-state index in [9.17, 15) is 26.3 Å². The van der Waals surface area contributed by atoms with E-state index in [1.54, 1.807) is 0 Å². The number of hydrogen-bond acceptors (Lipinski definition) is 0. The van der Waals surface area contributed by atoms with Crippen molar-refractivity contribution in [1.29, 1.82) is 0 Å². The Morgan fingerprint density at radius 2 is 0.917 bits per heavy atom. The summed E-state index contributed by atoms with van der Waals surface area (Å²) in [5.74, 6) is 0. The SMILES string of the molecule is FC(F)(F)c1cc[c]([Ge]2([c]3ccc(C(F)(F)F)cc3)[CH2]C[CH2]2)cc1. The van der Waals surface area contributed by atoms with Gasteiger partial charge in [-0.1, -0.05) is 0 Å². The van der Waals surface area contributed by atoms with Crippen LogP contribution in [0.1, 0.15) is 17.5 Å². The molecule has 2 aromatic rings. The predicted molar refractivity (Wildman–Crippen MR) is 82.1 cm³/mol. The van der Waals surface area contributed by atoms with Crippen LogP contribution in [0.2, 0.25) is 10.5 Å². The van der Waals surface area contributed by atoms with Crippen LogP contribution >= 0.6 is 0 Å². The summed E-state index contributed by atoms with van der Waals surface area (Å²) in [5, 5.41) is 1.80. The van der Waals surface area contributed by atoms with Gasteiger partial charge >= 0.3 is 137 Å². The van der Waals surface area contributed by atoms with E-state index in [1.807, 2.05) is 0 Å². The molecular weight excluding hydrogens is 391 g/mol. The predicted octanol–water partition coefficient (Wildman–Crippen LogP) is 4.69. The summed E-state index contributed by atoms with van der Waals surface area (Å²) >= 11 is -2.79. The van der Waals surface area contributed by atoms with Crippen LogP contribution in [0.15, 0.2) is 48.5 Å². The zero-order valence-corrected chi connectivity index (χ0v) is 14.6. The van der Waals surface area contributed by atoms with Crippen molar-refractivity contribution in [3.63, 3.8) is 0 Å². The molecule has 0 radical (unpaired) electrons. The van der Waals surface area contributed by atoms with Crippen molar-refractivity contribution in [2.45, 2.75) is 29.3 Å². The van der Waals surface area contributed by atoms with E-state index in [4.69, 9.17) is 0 Å². The summed E-state index contributed by atoms with van der Waals surface area (Å²) in [7, 11) is 0. The number of rotatable bonds is 2. The Balaban J connectivity index is 1.95. The Labute approximate surface area is 137 Å². The Hall–Kier alpha value is -1.44. The van der Waals surface area contributed by atoms with Crippen LogP contribution in [-0.2, 0) is 12.4 Å². The van der Waals surface area contributed by atoms with Crippen LogP contribution in [0.25, 0.3) is 0 Å². The first kappa shape index (κ1) is 17.4. The Bertz CT molecular complexity index is 649. The Kier molecular flexibility index (Phi) is 4.22. The summed E-state index contributed by atoms with van der Waals surface area (Å²) in [4.78, 5) is 0. The van der Waals surface area contributed by atoms with Gasteiger partial charge in [-0.15, -0.1) is 0 Å². The van der Waals surface area contributed by atoms with Crippen molar-refractivity contribution in [2.75, 3.05) is 0 Å².